The van der Waals surface area contributed by atoms with E-state index >= 15 is 0 Å². The van der Waals surface area contributed by atoms with Crippen molar-refractivity contribution >= 4 is 49.6 Å². The van der Waals surface area contributed by atoms with Crippen LogP contribution >= 0.6 is 22.7 Å². The van der Waals surface area contributed by atoms with E-state index in [1.165, 1.54) is 11.3 Å². The summed E-state index contributed by atoms with van der Waals surface area (Å²) in [5, 5.41) is 4.88. The number of nitrogens with zero attached hydrogens (tertiary/aromatic N) is 2. The minimum absolute atomic E-state index is 0.150. The highest BCUT2D eigenvalue weighted by molar-refractivity contribution is 7.21. The number of thiazole rings is 1. The van der Waals surface area contributed by atoms with Crippen LogP contribution in [0.3, 0.4) is 0 Å². The lowest BCUT2D eigenvalue weighted by Gasteiger charge is -2.07. The average molecular weight is 355 g/mol. The predicted octanol–water partition coefficient (Wildman–Crippen LogP) is 4.43. The van der Waals surface area contributed by atoms with Crippen LogP contribution in [-0.2, 0) is 0 Å². The molecule has 4 aromatic rings. The van der Waals surface area contributed by atoms with Crippen molar-refractivity contribution < 1.29 is 9.53 Å². The molecule has 3 aromatic heterocycles. The van der Waals surface area contributed by atoms with E-state index in [0.29, 0.717) is 22.9 Å². The maximum atomic E-state index is 12.5. The Morgan fingerprint density at radius 1 is 1.42 bits per heavy atom. The molecule has 0 spiro atoms. The van der Waals surface area contributed by atoms with Crippen LogP contribution in [0, 0.1) is 0 Å². The molecule has 0 unspecified atom stereocenters. The van der Waals surface area contributed by atoms with E-state index in [0.717, 1.165) is 15.3 Å². The van der Waals surface area contributed by atoms with Gasteiger partial charge in [-0.1, -0.05) is 18.7 Å². The molecular weight excluding hydrogens is 342 g/mol. The predicted molar refractivity (Wildman–Crippen MR) is 98.5 cm³/mol. The summed E-state index contributed by atoms with van der Waals surface area (Å²) in [6, 6.07) is 9.17. The first-order valence-corrected chi connectivity index (χ1v) is 8.94. The first kappa shape index (κ1) is 14.9. The number of thiophene rings is 1. The molecule has 3 heterocycles. The maximum absolute atomic E-state index is 12.5. The quantitative estimate of drug-likeness (QED) is 0.539. The minimum atomic E-state index is -0.150. The number of nitrogens with one attached hydrogen (secondary N) is 1. The topological polar surface area (TPSA) is 55.6 Å². The van der Waals surface area contributed by atoms with Crippen molar-refractivity contribution in [2.24, 2.45) is 0 Å². The molecule has 0 radical (unpaired) electrons. The Balaban J connectivity index is 1.57. The zero-order valence-corrected chi connectivity index (χ0v) is 14.2. The molecule has 7 heteroatoms. The van der Waals surface area contributed by atoms with Crippen molar-refractivity contribution in [3.05, 3.63) is 59.4 Å². The normalized spacial score (nSPS) is 11.0. The molecule has 0 bridgehead atoms. The van der Waals surface area contributed by atoms with Crippen LogP contribution < -0.4 is 10.1 Å². The Morgan fingerprint density at radius 2 is 2.33 bits per heavy atom. The van der Waals surface area contributed by atoms with Crippen molar-refractivity contribution in [1.29, 1.82) is 0 Å². The van der Waals surface area contributed by atoms with E-state index < -0.39 is 0 Å². The number of imidazole rings is 1. The van der Waals surface area contributed by atoms with E-state index in [1.807, 2.05) is 40.2 Å². The Bertz CT molecular complexity index is 1040. The zero-order valence-electron chi connectivity index (χ0n) is 12.6. The van der Waals surface area contributed by atoms with Crippen LogP contribution in [0.25, 0.3) is 15.3 Å². The zero-order chi connectivity index (χ0) is 16.5. The van der Waals surface area contributed by atoms with Gasteiger partial charge in [0.25, 0.3) is 5.91 Å². The van der Waals surface area contributed by atoms with Gasteiger partial charge < -0.3 is 10.1 Å². The number of carbonyl (C=O) groups excluding carboxylic acids is 1. The number of hydrogen-bond donors (Lipinski definition) is 1. The van der Waals surface area contributed by atoms with E-state index in [1.54, 1.807) is 23.5 Å². The summed E-state index contributed by atoms with van der Waals surface area (Å²) in [5.41, 5.74) is 1.65. The summed E-state index contributed by atoms with van der Waals surface area (Å²) >= 11 is 2.97. The summed E-state index contributed by atoms with van der Waals surface area (Å²) < 4.78 is 7.48. The highest BCUT2D eigenvalue weighted by Crippen LogP contribution is 2.29. The number of anilines is 1. The molecule has 1 amide bonds. The van der Waals surface area contributed by atoms with Gasteiger partial charge in [-0.25, -0.2) is 4.98 Å². The molecule has 0 aliphatic rings. The lowest BCUT2D eigenvalue weighted by atomic mass is 10.3. The fraction of sp³-hybridized carbons (Fsp3) is 0.0588. The van der Waals surface area contributed by atoms with Crippen molar-refractivity contribution in [2.45, 2.75) is 0 Å². The van der Waals surface area contributed by atoms with Gasteiger partial charge in [0.2, 0.25) is 0 Å². The number of amides is 1. The second-order valence-corrected chi connectivity index (χ2v) is 6.95. The first-order chi connectivity index (χ1) is 11.7. The fourth-order valence-electron chi connectivity index (χ4n) is 2.37. The molecule has 1 aromatic carbocycles. The van der Waals surface area contributed by atoms with Crippen molar-refractivity contribution in [3.8, 4) is 5.75 Å². The average Bonchev–Trinajstić information content (AvgIpc) is 3.25. The van der Waals surface area contributed by atoms with Crippen LogP contribution in [0.5, 0.6) is 5.75 Å². The van der Waals surface area contributed by atoms with Crippen LogP contribution in [0.4, 0.5) is 5.69 Å². The van der Waals surface area contributed by atoms with E-state index in [2.05, 4.69) is 16.9 Å². The standard InChI is InChI=1S/C17H13N3O2S2/c1-2-7-22-12-5-3-4-11(9-12)18-15(21)14-10-13-16(24-14)19-17-20(13)6-8-23-17/h2-6,8-10H,1,7H2,(H,18,21). The number of fused-ring (bicyclic) bond motifs is 3. The third-order valence-corrected chi connectivity index (χ3v) is 5.20. The van der Waals surface area contributed by atoms with Crippen LogP contribution in [-0.4, -0.2) is 21.9 Å². The molecule has 0 atom stereocenters. The molecule has 120 valence electrons. The third-order valence-electron chi connectivity index (χ3n) is 3.42. The molecule has 4 rings (SSSR count). The lowest BCUT2D eigenvalue weighted by Crippen LogP contribution is -2.10. The highest BCUT2D eigenvalue weighted by atomic mass is 32.1. The molecule has 0 fully saturated rings. The number of hydrogen-bond acceptors (Lipinski definition) is 5. The summed E-state index contributed by atoms with van der Waals surface area (Å²) in [6.07, 6.45) is 3.64. The van der Waals surface area contributed by atoms with Crippen molar-refractivity contribution in [1.82, 2.24) is 9.38 Å². The molecule has 0 aliphatic carbocycles. The number of ether oxygens (including phenoxy) is 1. The summed E-state index contributed by atoms with van der Waals surface area (Å²) in [6.45, 7) is 4.05. The second-order valence-electron chi connectivity index (χ2n) is 5.05. The van der Waals surface area contributed by atoms with E-state index in [9.17, 15) is 4.79 Å². The Labute approximate surface area is 145 Å². The van der Waals surface area contributed by atoms with Crippen molar-refractivity contribution in [2.75, 3.05) is 11.9 Å². The van der Waals surface area contributed by atoms with Gasteiger partial charge in [0, 0.05) is 23.3 Å². The Hall–Kier alpha value is -2.64. The summed E-state index contributed by atoms with van der Waals surface area (Å²) in [4.78, 5) is 19.5. The van der Waals surface area contributed by atoms with Gasteiger partial charge in [-0.2, -0.15) is 0 Å². The molecule has 1 N–H and O–H groups in total. The second kappa shape index (κ2) is 6.10. The summed E-state index contributed by atoms with van der Waals surface area (Å²) in [7, 11) is 0. The van der Waals surface area contributed by atoms with Crippen molar-refractivity contribution in [3.63, 3.8) is 0 Å². The number of carbonyl (C=O) groups is 1. The minimum Gasteiger partial charge on any atom is -0.489 e. The van der Waals surface area contributed by atoms with E-state index in [4.69, 9.17) is 4.74 Å². The Morgan fingerprint density at radius 3 is 3.21 bits per heavy atom. The smallest absolute Gasteiger partial charge is 0.265 e. The molecule has 24 heavy (non-hydrogen) atoms. The number of benzene rings is 1. The first-order valence-electron chi connectivity index (χ1n) is 7.25. The molecule has 0 saturated heterocycles. The SMILES string of the molecule is C=CCOc1cccc(NC(=O)c2cc3c(nc4sccn43)s2)c1. The third kappa shape index (κ3) is 2.68. The van der Waals surface area contributed by atoms with Gasteiger partial charge in [-0.05, 0) is 18.2 Å². The highest BCUT2D eigenvalue weighted by Gasteiger charge is 2.15. The maximum Gasteiger partial charge on any atom is 0.265 e. The van der Waals surface area contributed by atoms with Gasteiger partial charge >= 0.3 is 0 Å². The van der Waals surface area contributed by atoms with Gasteiger partial charge in [0.05, 0.1) is 10.4 Å². The van der Waals surface area contributed by atoms with Crippen LogP contribution in [0.15, 0.2) is 54.6 Å². The van der Waals surface area contributed by atoms with Gasteiger partial charge in [0.15, 0.2) is 4.96 Å². The number of rotatable bonds is 5. The largest absolute Gasteiger partial charge is 0.489 e. The van der Waals surface area contributed by atoms with Crippen LogP contribution in [0.2, 0.25) is 0 Å². The van der Waals surface area contributed by atoms with Gasteiger partial charge in [-0.3, -0.25) is 9.20 Å². The fourth-order valence-corrected chi connectivity index (χ4v) is 4.07. The molecular formula is C17H13N3O2S2. The molecule has 5 nitrogen and oxygen atoms in total. The summed E-state index contributed by atoms with van der Waals surface area (Å²) in [5.74, 6) is 0.540. The van der Waals surface area contributed by atoms with E-state index in [-0.39, 0.29) is 5.91 Å². The Kier molecular flexibility index (Phi) is 3.79. The monoisotopic (exact) mass is 355 g/mol. The molecule has 0 saturated carbocycles. The van der Waals surface area contributed by atoms with Gasteiger partial charge in [-0.15, -0.1) is 22.7 Å². The lowest BCUT2D eigenvalue weighted by molar-refractivity contribution is 0.103. The number of aromatic nitrogens is 2. The van der Waals surface area contributed by atoms with Gasteiger partial charge in [0.1, 0.15) is 17.2 Å². The molecule has 0 aliphatic heterocycles. The van der Waals surface area contributed by atoms with Crippen LogP contribution in [0.1, 0.15) is 9.67 Å².